The Bertz CT molecular complexity index is 655. The van der Waals surface area contributed by atoms with Crippen LogP contribution in [0.15, 0.2) is 27.1 Å². The van der Waals surface area contributed by atoms with Crippen LogP contribution in [0.4, 0.5) is 0 Å². The van der Waals surface area contributed by atoms with Gasteiger partial charge in [0.25, 0.3) is 5.56 Å². The van der Waals surface area contributed by atoms with Crippen molar-refractivity contribution in [2.45, 2.75) is 26.3 Å². The molecule has 1 atom stereocenters. The lowest BCUT2D eigenvalue weighted by Gasteiger charge is -2.18. The van der Waals surface area contributed by atoms with Crippen LogP contribution < -0.4 is 11.2 Å². The largest absolute Gasteiger partial charge is 0.494 e. The van der Waals surface area contributed by atoms with Crippen molar-refractivity contribution in [1.29, 1.82) is 0 Å². The van der Waals surface area contributed by atoms with Gasteiger partial charge < -0.3 is 5.11 Å². The van der Waals surface area contributed by atoms with Gasteiger partial charge in [-0.15, -0.1) is 11.3 Å². The fourth-order valence-electron chi connectivity index (χ4n) is 1.91. The van der Waals surface area contributed by atoms with Gasteiger partial charge in [0.15, 0.2) is 0 Å². The number of aromatic hydroxyl groups is 1. The van der Waals surface area contributed by atoms with Crippen LogP contribution in [0.3, 0.4) is 0 Å². The summed E-state index contributed by atoms with van der Waals surface area (Å²) >= 11 is 1.52. The molecule has 5 nitrogen and oxygen atoms in total. The summed E-state index contributed by atoms with van der Waals surface area (Å²) < 4.78 is 1.24. The molecule has 0 aliphatic rings. The minimum atomic E-state index is -0.580. The van der Waals surface area contributed by atoms with Gasteiger partial charge in [0, 0.05) is 4.88 Å². The van der Waals surface area contributed by atoms with Crippen LogP contribution >= 0.6 is 11.3 Å². The van der Waals surface area contributed by atoms with Crippen LogP contribution in [-0.4, -0.2) is 14.7 Å². The zero-order valence-electron chi connectivity index (χ0n) is 10.1. The average Bonchev–Trinajstić information content (AvgIpc) is 2.85. The van der Waals surface area contributed by atoms with Crippen molar-refractivity contribution in [3.05, 3.63) is 48.8 Å². The predicted octanol–water partition coefficient (Wildman–Crippen LogP) is 1.61. The van der Waals surface area contributed by atoms with Gasteiger partial charge in [0.1, 0.15) is 0 Å². The third-order valence-corrected chi connectivity index (χ3v) is 3.89. The first-order chi connectivity index (χ1) is 8.56. The smallest absolute Gasteiger partial charge is 0.331 e. The topological polar surface area (TPSA) is 75.1 Å². The van der Waals surface area contributed by atoms with E-state index in [1.807, 2.05) is 24.4 Å². The summed E-state index contributed by atoms with van der Waals surface area (Å²) in [5.41, 5.74) is -0.970. The quantitative estimate of drug-likeness (QED) is 0.886. The van der Waals surface area contributed by atoms with E-state index in [9.17, 15) is 14.7 Å². The predicted molar refractivity (Wildman–Crippen MR) is 70.5 cm³/mol. The number of hydrogen-bond donors (Lipinski definition) is 2. The molecule has 0 saturated carbocycles. The number of nitrogens with zero attached hydrogens (tertiary/aromatic N) is 1. The zero-order chi connectivity index (χ0) is 13.3. The summed E-state index contributed by atoms with van der Waals surface area (Å²) in [5.74, 6) is -0.260. The maximum absolute atomic E-state index is 11.9. The van der Waals surface area contributed by atoms with Gasteiger partial charge in [-0.25, -0.2) is 4.79 Å². The van der Waals surface area contributed by atoms with E-state index < -0.39 is 11.2 Å². The Morgan fingerprint density at radius 3 is 2.78 bits per heavy atom. The summed E-state index contributed by atoms with van der Waals surface area (Å²) in [6.45, 7) is 3.42. The molecule has 0 amide bonds. The van der Waals surface area contributed by atoms with Gasteiger partial charge in [-0.2, -0.15) is 0 Å². The monoisotopic (exact) mass is 266 g/mol. The van der Waals surface area contributed by atoms with Crippen molar-refractivity contribution in [2.75, 3.05) is 0 Å². The Hall–Kier alpha value is -1.82. The Morgan fingerprint density at radius 1 is 1.50 bits per heavy atom. The highest BCUT2D eigenvalue weighted by atomic mass is 32.1. The van der Waals surface area contributed by atoms with Crippen LogP contribution in [0.25, 0.3) is 0 Å². The molecule has 1 unspecified atom stereocenters. The van der Waals surface area contributed by atoms with Crippen LogP contribution in [-0.2, 0) is 0 Å². The summed E-state index contributed by atoms with van der Waals surface area (Å²) in [5, 5.41) is 11.9. The summed E-state index contributed by atoms with van der Waals surface area (Å²) in [6, 6.07) is 3.54. The number of aromatic nitrogens is 2. The van der Waals surface area contributed by atoms with Gasteiger partial charge in [-0.3, -0.25) is 14.3 Å². The summed E-state index contributed by atoms with van der Waals surface area (Å²) in [7, 11) is 0. The second-order valence-electron chi connectivity index (χ2n) is 4.02. The molecule has 0 saturated heterocycles. The van der Waals surface area contributed by atoms with Crippen molar-refractivity contribution < 1.29 is 5.11 Å². The van der Waals surface area contributed by atoms with Crippen LogP contribution in [0.1, 0.15) is 29.8 Å². The molecular formula is C12H14N2O3S. The maximum Gasteiger partial charge on any atom is 0.331 e. The Kier molecular flexibility index (Phi) is 3.38. The van der Waals surface area contributed by atoms with E-state index in [1.54, 1.807) is 0 Å². The van der Waals surface area contributed by atoms with E-state index in [0.29, 0.717) is 6.42 Å². The van der Waals surface area contributed by atoms with E-state index in [4.69, 9.17) is 0 Å². The minimum absolute atomic E-state index is 0.157. The molecule has 0 aliphatic heterocycles. The molecule has 2 rings (SSSR count). The SMILES string of the molecule is CCC(c1cccs1)n1c(O)c(C)c(=O)[nH]c1=O. The number of hydrogen-bond acceptors (Lipinski definition) is 4. The fraction of sp³-hybridized carbons (Fsp3) is 0.333. The van der Waals surface area contributed by atoms with Gasteiger partial charge in [0.2, 0.25) is 5.88 Å². The highest BCUT2D eigenvalue weighted by Crippen LogP contribution is 2.28. The van der Waals surface area contributed by atoms with Crippen molar-refractivity contribution in [3.8, 4) is 5.88 Å². The van der Waals surface area contributed by atoms with Gasteiger partial charge in [-0.05, 0) is 24.8 Å². The summed E-state index contributed by atoms with van der Waals surface area (Å²) in [4.78, 5) is 26.4. The fourth-order valence-corrected chi connectivity index (χ4v) is 2.81. The van der Waals surface area contributed by atoms with Gasteiger partial charge in [-0.1, -0.05) is 13.0 Å². The first-order valence-corrected chi connectivity index (χ1v) is 6.52. The molecular weight excluding hydrogens is 252 g/mol. The van der Waals surface area contributed by atoms with Crippen LogP contribution in [0, 0.1) is 6.92 Å². The van der Waals surface area contributed by atoms with Crippen molar-refractivity contribution in [2.24, 2.45) is 0 Å². The molecule has 2 N–H and O–H groups in total. The number of nitrogens with one attached hydrogen (secondary N) is 1. The lowest BCUT2D eigenvalue weighted by Crippen LogP contribution is -2.33. The van der Waals surface area contributed by atoms with E-state index in [1.165, 1.54) is 22.8 Å². The minimum Gasteiger partial charge on any atom is -0.494 e. The van der Waals surface area contributed by atoms with Gasteiger partial charge in [0.05, 0.1) is 11.6 Å². The van der Waals surface area contributed by atoms with E-state index in [2.05, 4.69) is 4.98 Å². The molecule has 0 fully saturated rings. The first kappa shape index (κ1) is 12.6. The third-order valence-electron chi connectivity index (χ3n) is 2.91. The second kappa shape index (κ2) is 4.81. The maximum atomic E-state index is 11.9. The van der Waals surface area contributed by atoms with E-state index in [-0.39, 0.29) is 17.5 Å². The number of aromatic amines is 1. The summed E-state index contributed by atoms with van der Waals surface area (Å²) in [6.07, 6.45) is 0.652. The second-order valence-corrected chi connectivity index (χ2v) is 5.00. The average molecular weight is 266 g/mol. The van der Waals surface area contributed by atoms with E-state index in [0.717, 1.165) is 4.88 Å². The Morgan fingerprint density at radius 2 is 2.22 bits per heavy atom. The van der Waals surface area contributed by atoms with E-state index >= 15 is 0 Å². The molecule has 2 aromatic rings. The Balaban J connectivity index is 2.67. The third kappa shape index (κ3) is 1.99. The zero-order valence-corrected chi connectivity index (χ0v) is 11.0. The Labute approximate surface area is 107 Å². The highest BCUT2D eigenvalue weighted by Gasteiger charge is 2.20. The molecule has 0 radical (unpaired) electrons. The molecule has 0 aromatic carbocycles. The molecule has 0 spiro atoms. The molecule has 96 valence electrons. The number of thiophene rings is 1. The lowest BCUT2D eigenvalue weighted by atomic mass is 10.2. The molecule has 2 aromatic heterocycles. The number of H-pyrrole nitrogens is 1. The molecule has 2 heterocycles. The van der Waals surface area contributed by atoms with Crippen LogP contribution in [0.2, 0.25) is 0 Å². The molecule has 6 heteroatoms. The molecule has 18 heavy (non-hydrogen) atoms. The molecule has 0 aliphatic carbocycles. The normalized spacial score (nSPS) is 12.6. The standard InChI is InChI=1S/C12H14N2O3S/c1-3-8(9-5-4-6-18-9)14-11(16)7(2)10(15)13-12(14)17/h4-6,8,16H,3H2,1-2H3,(H,13,15,17). The lowest BCUT2D eigenvalue weighted by molar-refractivity contribution is 0.375. The van der Waals surface area contributed by atoms with Gasteiger partial charge >= 0.3 is 5.69 Å². The van der Waals surface area contributed by atoms with Crippen LogP contribution in [0.5, 0.6) is 5.88 Å². The van der Waals surface area contributed by atoms with Crippen molar-refractivity contribution >= 4 is 11.3 Å². The highest BCUT2D eigenvalue weighted by molar-refractivity contribution is 7.10. The van der Waals surface area contributed by atoms with Crippen molar-refractivity contribution in [3.63, 3.8) is 0 Å². The molecule has 0 bridgehead atoms. The number of rotatable bonds is 3. The van der Waals surface area contributed by atoms with Crippen molar-refractivity contribution in [1.82, 2.24) is 9.55 Å². The first-order valence-electron chi connectivity index (χ1n) is 5.64.